The molecule has 2 heteroatoms. The smallest absolute Gasteiger partial charge is 0.197 e. The second-order valence-electron chi connectivity index (χ2n) is 4.55. The maximum Gasteiger partial charge on any atom is 0.197 e. The summed E-state index contributed by atoms with van der Waals surface area (Å²) < 4.78 is 0. The quantitative estimate of drug-likeness (QED) is 0.731. The number of hydrogen-bond acceptors (Lipinski definition) is 2. The van der Waals surface area contributed by atoms with Crippen molar-refractivity contribution in [3.8, 4) is 0 Å². The van der Waals surface area contributed by atoms with E-state index < -0.39 is 5.79 Å². The van der Waals surface area contributed by atoms with Crippen LogP contribution in [0.1, 0.15) is 22.6 Å². The predicted molar refractivity (Wildman–Crippen MR) is 65.4 cm³/mol. The first-order chi connectivity index (χ1) is 8.19. The van der Waals surface area contributed by atoms with Gasteiger partial charge in [-0.15, -0.1) is 0 Å². The summed E-state index contributed by atoms with van der Waals surface area (Å²) in [6.07, 6.45) is 0.674. The lowest BCUT2D eigenvalue weighted by Gasteiger charge is -2.25. The van der Waals surface area contributed by atoms with Gasteiger partial charge in [0, 0.05) is 11.5 Å². The van der Waals surface area contributed by atoms with Gasteiger partial charge in [0.05, 0.1) is 0 Å². The van der Waals surface area contributed by atoms with Crippen molar-refractivity contribution in [3.05, 3.63) is 71.3 Å². The highest BCUT2D eigenvalue weighted by Crippen LogP contribution is 2.45. The second-order valence-corrected chi connectivity index (χ2v) is 4.55. The molecule has 1 aliphatic carbocycles. The van der Waals surface area contributed by atoms with Crippen molar-refractivity contribution in [2.24, 2.45) is 0 Å². The van der Waals surface area contributed by atoms with Gasteiger partial charge in [-0.05, 0) is 17.5 Å². The average Bonchev–Trinajstić information content (AvgIpc) is 2.63. The summed E-state index contributed by atoms with van der Waals surface area (Å²) in [5.74, 6) is -2.03. The first-order valence-corrected chi connectivity index (χ1v) is 5.77. The predicted octanol–water partition coefficient (Wildman–Crippen LogP) is 2.16. The van der Waals surface area contributed by atoms with Gasteiger partial charge in [0.15, 0.2) is 5.79 Å². The fraction of sp³-hybridized carbons (Fsp3) is 0.200. The molecule has 0 bridgehead atoms. The number of aliphatic hydroxyl groups is 2. The van der Waals surface area contributed by atoms with Gasteiger partial charge in [0.1, 0.15) is 0 Å². The summed E-state index contributed by atoms with van der Waals surface area (Å²) in [7, 11) is 0. The maximum atomic E-state index is 10.3. The van der Waals surface area contributed by atoms with Crippen LogP contribution in [0.4, 0.5) is 0 Å². The van der Waals surface area contributed by atoms with Gasteiger partial charge in [-0.25, -0.2) is 0 Å². The minimum atomic E-state index is -1.75. The van der Waals surface area contributed by atoms with Gasteiger partial charge < -0.3 is 10.2 Å². The lowest BCUT2D eigenvalue weighted by molar-refractivity contribution is -0.180. The highest BCUT2D eigenvalue weighted by molar-refractivity contribution is 5.42. The summed E-state index contributed by atoms with van der Waals surface area (Å²) in [6, 6.07) is 17.2. The van der Waals surface area contributed by atoms with Crippen LogP contribution in [0, 0.1) is 0 Å². The van der Waals surface area contributed by atoms with Crippen molar-refractivity contribution < 1.29 is 10.2 Å². The molecule has 0 aliphatic heterocycles. The van der Waals surface area contributed by atoms with Crippen molar-refractivity contribution >= 4 is 0 Å². The largest absolute Gasteiger partial charge is 0.361 e. The molecule has 86 valence electrons. The van der Waals surface area contributed by atoms with E-state index >= 15 is 0 Å². The Morgan fingerprint density at radius 2 is 1.53 bits per heavy atom. The normalized spacial score (nSPS) is 21.2. The van der Waals surface area contributed by atoms with E-state index in [1.807, 2.05) is 48.5 Å². The van der Waals surface area contributed by atoms with E-state index in [0.29, 0.717) is 12.0 Å². The third-order valence-electron chi connectivity index (χ3n) is 3.53. The van der Waals surface area contributed by atoms with Crippen LogP contribution in [-0.2, 0) is 12.2 Å². The number of hydrogen-bond donors (Lipinski definition) is 2. The minimum Gasteiger partial charge on any atom is -0.361 e. The van der Waals surface area contributed by atoms with E-state index in [0.717, 1.165) is 11.1 Å². The Labute approximate surface area is 100 Å². The van der Waals surface area contributed by atoms with Crippen LogP contribution in [0.2, 0.25) is 0 Å². The first kappa shape index (κ1) is 10.5. The molecule has 2 aromatic rings. The summed E-state index contributed by atoms with van der Waals surface area (Å²) >= 11 is 0. The molecule has 1 aliphatic rings. The highest BCUT2D eigenvalue weighted by atomic mass is 16.5. The first-order valence-electron chi connectivity index (χ1n) is 5.77. The van der Waals surface area contributed by atoms with Crippen LogP contribution in [0.25, 0.3) is 0 Å². The molecule has 17 heavy (non-hydrogen) atoms. The minimum absolute atomic E-state index is 0.277. The zero-order valence-electron chi connectivity index (χ0n) is 9.38. The Hall–Kier alpha value is -1.64. The van der Waals surface area contributed by atoms with Crippen molar-refractivity contribution in [1.29, 1.82) is 0 Å². The molecule has 0 fully saturated rings. The highest BCUT2D eigenvalue weighted by Gasteiger charge is 2.44. The Morgan fingerprint density at radius 3 is 2.24 bits per heavy atom. The van der Waals surface area contributed by atoms with E-state index in [2.05, 4.69) is 0 Å². The number of rotatable bonds is 1. The molecule has 0 saturated heterocycles. The fourth-order valence-corrected chi connectivity index (χ4v) is 2.64. The molecular formula is C15H14O2. The van der Waals surface area contributed by atoms with Crippen LogP contribution >= 0.6 is 0 Å². The average molecular weight is 226 g/mol. The fourth-order valence-electron chi connectivity index (χ4n) is 2.64. The standard InChI is InChI=1S/C15H14O2/c16-15(17)13-9-5-4-8-12(13)10-14(15)11-6-2-1-3-7-11/h1-9,14,16-17H,10H2. The van der Waals surface area contributed by atoms with Gasteiger partial charge in [0.25, 0.3) is 0 Å². The van der Waals surface area contributed by atoms with Gasteiger partial charge in [0.2, 0.25) is 0 Å². The Morgan fingerprint density at radius 1 is 0.882 bits per heavy atom. The second kappa shape index (κ2) is 3.69. The summed E-state index contributed by atoms with van der Waals surface area (Å²) in [5.41, 5.74) is 2.62. The number of benzene rings is 2. The molecule has 3 rings (SSSR count). The van der Waals surface area contributed by atoms with E-state index in [4.69, 9.17) is 0 Å². The lowest BCUT2D eigenvalue weighted by atomic mass is 9.91. The van der Waals surface area contributed by atoms with Gasteiger partial charge in [-0.2, -0.15) is 0 Å². The molecule has 2 aromatic carbocycles. The van der Waals surface area contributed by atoms with Crippen LogP contribution in [0.5, 0.6) is 0 Å². The SMILES string of the molecule is OC1(O)c2ccccc2CC1c1ccccc1. The van der Waals surface area contributed by atoms with Crippen molar-refractivity contribution in [2.75, 3.05) is 0 Å². The molecule has 2 N–H and O–H groups in total. The molecule has 1 unspecified atom stereocenters. The van der Waals surface area contributed by atoms with Crippen molar-refractivity contribution in [2.45, 2.75) is 18.1 Å². The molecule has 0 amide bonds. The van der Waals surface area contributed by atoms with Gasteiger partial charge in [-0.1, -0.05) is 54.6 Å². The molecule has 0 spiro atoms. The zero-order chi connectivity index (χ0) is 11.9. The van der Waals surface area contributed by atoms with Crippen LogP contribution in [0.15, 0.2) is 54.6 Å². The lowest BCUT2D eigenvalue weighted by Crippen LogP contribution is -2.29. The van der Waals surface area contributed by atoms with E-state index in [9.17, 15) is 10.2 Å². The van der Waals surface area contributed by atoms with E-state index in [1.165, 1.54) is 0 Å². The van der Waals surface area contributed by atoms with Gasteiger partial charge in [-0.3, -0.25) is 0 Å². The summed E-state index contributed by atoms with van der Waals surface area (Å²) in [5, 5.41) is 20.6. The van der Waals surface area contributed by atoms with E-state index in [1.54, 1.807) is 6.07 Å². The zero-order valence-corrected chi connectivity index (χ0v) is 9.38. The molecule has 1 atom stereocenters. The van der Waals surface area contributed by atoms with Crippen molar-refractivity contribution in [3.63, 3.8) is 0 Å². The van der Waals surface area contributed by atoms with Crippen LogP contribution in [-0.4, -0.2) is 10.2 Å². The van der Waals surface area contributed by atoms with Crippen molar-refractivity contribution in [1.82, 2.24) is 0 Å². The van der Waals surface area contributed by atoms with Crippen LogP contribution < -0.4 is 0 Å². The topological polar surface area (TPSA) is 40.5 Å². The molecule has 2 nitrogen and oxygen atoms in total. The monoisotopic (exact) mass is 226 g/mol. The number of fused-ring (bicyclic) bond motifs is 1. The Kier molecular flexibility index (Phi) is 2.28. The van der Waals surface area contributed by atoms with Crippen LogP contribution in [0.3, 0.4) is 0 Å². The third-order valence-corrected chi connectivity index (χ3v) is 3.53. The summed E-state index contributed by atoms with van der Waals surface area (Å²) in [4.78, 5) is 0. The molecule has 0 saturated carbocycles. The molecule has 0 heterocycles. The van der Waals surface area contributed by atoms with Gasteiger partial charge >= 0.3 is 0 Å². The molecule has 0 radical (unpaired) electrons. The maximum absolute atomic E-state index is 10.3. The molecule has 0 aromatic heterocycles. The third kappa shape index (κ3) is 1.57. The summed E-state index contributed by atoms with van der Waals surface area (Å²) in [6.45, 7) is 0. The molecular weight excluding hydrogens is 212 g/mol. The Balaban J connectivity index is 2.07. The van der Waals surface area contributed by atoms with E-state index in [-0.39, 0.29) is 5.92 Å². The Bertz CT molecular complexity index is 532.